The number of carbonyl (C=O) groups excluding carboxylic acids is 4. The summed E-state index contributed by atoms with van der Waals surface area (Å²) in [6.07, 6.45) is 1.98. The van der Waals surface area contributed by atoms with Crippen LogP contribution in [0.1, 0.15) is 38.7 Å². The van der Waals surface area contributed by atoms with Crippen LogP contribution in [-0.4, -0.2) is 60.6 Å². The van der Waals surface area contributed by atoms with Gasteiger partial charge in [-0.15, -0.1) is 11.6 Å². The van der Waals surface area contributed by atoms with E-state index in [9.17, 15) is 19.2 Å². The summed E-state index contributed by atoms with van der Waals surface area (Å²) in [6.45, 7) is 3.78. The van der Waals surface area contributed by atoms with Gasteiger partial charge in [0.05, 0.1) is 18.5 Å². The third-order valence-corrected chi connectivity index (χ3v) is 5.41. The van der Waals surface area contributed by atoms with Gasteiger partial charge in [-0.3, -0.25) is 19.2 Å². The Hall–Kier alpha value is -2.49. The number of nitrogens with two attached hydrogens (primary N) is 2. The summed E-state index contributed by atoms with van der Waals surface area (Å²) in [5.41, 5.74) is 11.7. The van der Waals surface area contributed by atoms with Gasteiger partial charge in [0.2, 0.25) is 17.7 Å². The van der Waals surface area contributed by atoms with Crippen LogP contribution < -0.4 is 27.4 Å². The van der Waals surface area contributed by atoms with Crippen molar-refractivity contribution < 1.29 is 19.2 Å². The number of hydrogen-bond acceptors (Lipinski definition) is 6. The van der Waals surface area contributed by atoms with Gasteiger partial charge in [0.1, 0.15) is 12.1 Å². The number of nitrogens with one attached hydrogen (secondary N) is 3. The largest absolute Gasteiger partial charge is 0.344 e. The first-order valence-corrected chi connectivity index (χ1v) is 11.7. The van der Waals surface area contributed by atoms with Gasteiger partial charge < -0.3 is 27.4 Å². The van der Waals surface area contributed by atoms with Crippen LogP contribution in [0.4, 0.5) is 0 Å². The van der Waals surface area contributed by atoms with Gasteiger partial charge in [0.15, 0.2) is 5.78 Å². The number of amides is 3. The van der Waals surface area contributed by atoms with Crippen molar-refractivity contribution in [2.75, 3.05) is 19.0 Å². The molecule has 0 saturated carbocycles. The predicted molar refractivity (Wildman–Crippen MR) is 128 cm³/mol. The normalized spacial score (nSPS) is 13.6. The second-order valence-corrected chi connectivity index (χ2v) is 8.46. The highest BCUT2D eigenvalue weighted by Gasteiger charge is 2.30. The van der Waals surface area contributed by atoms with Crippen molar-refractivity contribution in [1.82, 2.24) is 16.0 Å². The molecule has 0 aliphatic heterocycles. The molecule has 0 bridgehead atoms. The third kappa shape index (κ3) is 10.3. The minimum atomic E-state index is -0.962. The zero-order chi connectivity index (χ0) is 24.8. The standard InChI is InChI=1S/C23H36ClN5O4/c1-15(2)21(29-20(31)14-26)23(33)28-18(12-16-8-4-3-5-9-16)22(32)27-17(19(30)13-24)10-6-7-11-25/h3-5,8-9,15,17-18,21H,6-7,10-14,25-26H2,1-2H3,(H,27,32)(H,28,33)(H,29,31)/t17-,18-,21+/m0/s1. The van der Waals surface area contributed by atoms with E-state index in [-0.39, 0.29) is 30.5 Å². The molecule has 0 fully saturated rings. The zero-order valence-electron chi connectivity index (χ0n) is 19.3. The summed E-state index contributed by atoms with van der Waals surface area (Å²) in [7, 11) is 0. The van der Waals surface area contributed by atoms with Gasteiger partial charge in [0, 0.05) is 6.42 Å². The Labute approximate surface area is 200 Å². The monoisotopic (exact) mass is 481 g/mol. The van der Waals surface area contributed by atoms with Crippen molar-refractivity contribution >= 4 is 35.1 Å². The van der Waals surface area contributed by atoms with Crippen LogP contribution in [0.25, 0.3) is 0 Å². The molecule has 0 radical (unpaired) electrons. The molecular formula is C23H36ClN5O4. The van der Waals surface area contributed by atoms with Crippen LogP contribution in [0.2, 0.25) is 0 Å². The van der Waals surface area contributed by atoms with Crippen molar-refractivity contribution in [3.8, 4) is 0 Å². The Morgan fingerprint density at radius 1 is 0.909 bits per heavy atom. The lowest BCUT2D eigenvalue weighted by molar-refractivity contribution is -0.133. The van der Waals surface area contributed by atoms with E-state index in [4.69, 9.17) is 23.1 Å². The number of rotatable bonds is 15. The van der Waals surface area contributed by atoms with Gasteiger partial charge in [-0.2, -0.15) is 0 Å². The van der Waals surface area contributed by atoms with E-state index in [0.29, 0.717) is 25.8 Å². The summed E-state index contributed by atoms with van der Waals surface area (Å²) in [5, 5.41) is 8.06. The van der Waals surface area contributed by atoms with Crippen molar-refractivity contribution in [1.29, 1.82) is 0 Å². The fourth-order valence-electron chi connectivity index (χ4n) is 3.26. The topological polar surface area (TPSA) is 156 Å². The predicted octanol–water partition coefficient (Wildman–Crippen LogP) is 0.235. The highest BCUT2D eigenvalue weighted by Crippen LogP contribution is 2.09. The van der Waals surface area contributed by atoms with E-state index >= 15 is 0 Å². The SMILES string of the molecule is CC(C)[C@@H](NC(=O)CN)C(=O)N[C@@H](Cc1ccccc1)C(=O)N[C@@H](CCCCN)C(=O)CCl. The van der Waals surface area contributed by atoms with Crippen molar-refractivity contribution in [3.63, 3.8) is 0 Å². The van der Waals surface area contributed by atoms with E-state index in [1.807, 2.05) is 30.3 Å². The molecule has 0 saturated heterocycles. The van der Waals surface area contributed by atoms with Gasteiger partial charge >= 0.3 is 0 Å². The molecule has 3 atom stereocenters. The summed E-state index contributed by atoms with van der Waals surface area (Å²) in [5.74, 6) is -2.25. The Morgan fingerprint density at radius 2 is 1.55 bits per heavy atom. The first-order chi connectivity index (χ1) is 15.7. The van der Waals surface area contributed by atoms with Crippen molar-refractivity contribution in [2.45, 2.75) is 57.7 Å². The summed E-state index contributed by atoms with van der Waals surface area (Å²) in [4.78, 5) is 50.2. The first kappa shape index (κ1) is 28.5. The minimum Gasteiger partial charge on any atom is -0.344 e. The molecule has 1 aromatic carbocycles. The number of ketones is 1. The van der Waals surface area contributed by atoms with E-state index in [0.717, 1.165) is 5.56 Å². The molecular weight excluding hydrogens is 446 g/mol. The maximum Gasteiger partial charge on any atom is 0.243 e. The molecule has 7 N–H and O–H groups in total. The fraction of sp³-hybridized carbons (Fsp3) is 0.565. The van der Waals surface area contributed by atoms with Crippen LogP contribution >= 0.6 is 11.6 Å². The number of alkyl halides is 1. The summed E-state index contributed by atoms with van der Waals surface area (Å²) >= 11 is 5.73. The number of unbranched alkanes of at least 4 members (excludes halogenated alkanes) is 1. The maximum atomic E-state index is 13.2. The molecule has 1 aromatic rings. The molecule has 10 heteroatoms. The number of hydrogen-bond donors (Lipinski definition) is 5. The Bertz CT molecular complexity index is 775. The fourth-order valence-corrected chi connectivity index (χ4v) is 3.45. The number of benzene rings is 1. The molecule has 0 heterocycles. The van der Waals surface area contributed by atoms with Crippen LogP contribution in [0.15, 0.2) is 30.3 Å². The highest BCUT2D eigenvalue weighted by atomic mass is 35.5. The van der Waals surface area contributed by atoms with E-state index < -0.39 is 35.8 Å². The lowest BCUT2D eigenvalue weighted by atomic mass is 10.00. The van der Waals surface area contributed by atoms with Crippen LogP contribution in [0, 0.1) is 5.92 Å². The Kier molecular flexibility index (Phi) is 13.3. The smallest absolute Gasteiger partial charge is 0.243 e. The molecule has 184 valence electrons. The van der Waals surface area contributed by atoms with Crippen molar-refractivity contribution in [2.24, 2.45) is 17.4 Å². The van der Waals surface area contributed by atoms with E-state index in [1.165, 1.54) is 0 Å². The third-order valence-electron chi connectivity index (χ3n) is 5.15. The zero-order valence-corrected chi connectivity index (χ0v) is 20.1. The minimum absolute atomic E-state index is 0.207. The van der Waals surface area contributed by atoms with Crippen LogP contribution in [-0.2, 0) is 25.6 Å². The molecule has 9 nitrogen and oxygen atoms in total. The molecule has 0 aromatic heterocycles. The quantitative estimate of drug-likeness (QED) is 0.178. The lowest BCUT2D eigenvalue weighted by Gasteiger charge is -2.26. The van der Waals surface area contributed by atoms with Crippen LogP contribution in [0.3, 0.4) is 0 Å². The molecule has 0 unspecified atom stereocenters. The van der Waals surface area contributed by atoms with E-state index in [1.54, 1.807) is 13.8 Å². The number of carbonyl (C=O) groups is 4. The average molecular weight is 482 g/mol. The molecule has 0 aliphatic carbocycles. The maximum absolute atomic E-state index is 13.2. The van der Waals surface area contributed by atoms with Gasteiger partial charge in [0.25, 0.3) is 0 Å². The van der Waals surface area contributed by atoms with Gasteiger partial charge in [-0.1, -0.05) is 44.2 Å². The highest BCUT2D eigenvalue weighted by molar-refractivity contribution is 6.28. The Morgan fingerprint density at radius 3 is 2.09 bits per heavy atom. The molecule has 0 aliphatic rings. The Balaban J connectivity index is 3.06. The summed E-state index contributed by atoms with van der Waals surface area (Å²) in [6, 6.07) is 6.59. The van der Waals surface area contributed by atoms with E-state index in [2.05, 4.69) is 16.0 Å². The molecule has 33 heavy (non-hydrogen) atoms. The first-order valence-electron chi connectivity index (χ1n) is 11.2. The second kappa shape index (κ2) is 15.4. The van der Waals surface area contributed by atoms with Crippen molar-refractivity contribution in [3.05, 3.63) is 35.9 Å². The van der Waals surface area contributed by atoms with Gasteiger partial charge in [-0.05, 0) is 37.3 Å². The molecule has 0 spiro atoms. The number of Topliss-reactive ketones (excluding diaryl/α,β-unsaturated/α-hetero) is 1. The average Bonchev–Trinajstić information content (AvgIpc) is 2.81. The van der Waals surface area contributed by atoms with Crippen LogP contribution in [0.5, 0.6) is 0 Å². The lowest BCUT2D eigenvalue weighted by Crippen LogP contribution is -2.58. The molecule has 3 amide bonds. The summed E-state index contributed by atoms with van der Waals surface area (Å²) < 4.78 is 0. The number of halogens is 1. The van der Waals surface area contributed by atoms with Gasteiger partial charge in [-0.25, -0.2) is 0 Å². The second-order valence-electron chi connectivity index (χ2n) is 8.19. The molecule has 1 rings (SSSR count).